The van der Waals surface area contributed by atoms with E-state index < -0.39 is 5.41 Å². The fourth-order valence-corrected chi connectivity index (χ4v) is 1.35. The number of aromatic nitrogens is 2. The molecule has 1 amide bonds. The highest BCUT2D eigenvalue weighted by atomic mass is 35.5. The van der Waals surface area contributed by atoms with Crippen LogP contribution < -0.4 is 11.1 Å². The fourth-order valence-electron chi connectivity index (χ4n) is 1.15. The maximum atomic E-state index is 11.2. The molecule has 0 radical (unpaired) electrons. The topological polar surface area (TPSA) is 90.1 Å². The third-order valence-electron chi connectivity index (χ3n) is 2.39. The minimum atomic E-state index is -0.668. The first kappa shape index (κ1) is 14.7. The molecule has 7 heteroatoms. The van der Waals surface area contributed by atoms with Crippen LogP contribution in [0.1, 0.15) is 19.7 Å². The van der Waals surface area contributed by atoms with E-state index in [4.69, 9.17) is 22.1 Å². The monoisotopic (exact) mass is 272 g/mol. The van der Waals surface area contributed by atoms with Crippen LogP contribution in [0.4, 0.5) is 5.82 Å². The Morgan fingerprint density at radius 3 is 2.78 bits per heavy atom. The fraction of sp³-hybridized carbons (Fsp3) is 0.545. The lowest BCUT2D eigenvalue weighted by atomic mass is 9.93. The average molecular weight is 273 g/mol. The molecule has 0 aliphatic carbocycles. The lowest BCUT2D eigenvalue weighted by Crippen LogP contribution is -2.37. The molecule has 0 saturated carbocycles. The molecule has 1 aromatic heterocycles. The Bertz CT molecular complexity index is 437. The highest BCUT2D eigenvalue weighted by Gasteiger charge is 2.24. The maximum Gasteiger partial charge on any atom is 0.224 e. The van der Waals surface area contributed by atoms with Crippen LogP contribution in [-0.2, 0) is 16.1 Å². The number of ether oxygens (including phenoxy) is 1. The largest absolute Gasteiger partial charge is 0.377 e. The molecule has 0 fully saturated rings. The molecular formula is C11H17ClN4O2. The van der Waals surface area contributed by atoms with Gasteiger partial charge in [0.15, 0.2) is 5.82 Å². The summed E-state index contributed by atoms with van der Waals surface area (Å²) in [6.45, 7) is 4.14. The summed E-state index contributed by atoms with van der Waals surface area (Å²) in [6, 6.07) is 1.58. The van der Waals surface area contributed by atoms with Gasteiger partial charge in [0.05, 0.1) is 5.41 Å². The van der Waals surface area contributed by atoms with Gasteiger partial charge in [0.1, 0.15) is 17.6 Å². The first-order valence-electron chi connectivity index (χ1n) is 5.41. The Balaban J connectivity index is 2.76. The molecular weight excluding hydrogens is 256 g/mol. The summed E-state index contributed by atoms with van der Waals surface area (Å²) in [6.07, 6.45) is 0. The number of nitrogens with two attached hydrogens (primary N) is 1. The smallest absolute Gasteiger partial charge is 0.224 e. The Morgan fingerprint density at radius 1 is 1.56 bits per heavy atom. The van der Waals surface area contributed by atoms with E-state index in [0.717, 1.165) is 0 Å². The van der Waals surface area contributed by atoms with Crippen molar-refractivity contribution in [1.82, 2.24) is 9.97 Å². The van der Waals surface area contributed by atoms with Gasteiger partial charge in [0.2, 0.25) is 5.91 Å². The second kappa shape index (κ2) is 5.97. The highest BCUT2D eigenvalue weighted by Crippen LogP contribution is 2.17. The highest BCUT2D eigenvalue weighted by molar-refractivity contribution is 6.29. The molecule has 0 aromatic carbocycles. The predicted molar refractivity (Wildman–Crippen MR) is 69.2 cm³/mol. The van der Waals surface area contributed by atoms with Crippen LogP contribution in [0.15, 0.2) is 6.07 Å². The molecule has 1 rings (SSSR count). The van der Waals surface area contributed by atoms with E-state index in [0.29, 0.717) is 23.3 Å². The van der Waals surface area contributed by atoms with Gasteiger partial charge in [-0.1, -0.05) is 11.6 Å². The Kier molecular flexibility index (Phi) is 4.86. The molecule has 0 saturated heterocycles. The van der Waals surface area contributed by atoms with E-state index in [1.807, 2.05) is 0 Å². The Labute approximate surface area is 111 Å². The molecule has 0 aliphatic heterocycles. The number of nitrogens with zero attached hydrogens (tertiary/aromatic N) is 2. The number of nitrogens with one attached hydrogen (secondary N) is 1. The molecule has 0 aliphatic rings. The molecule has 6 nitrogen and oxygen atoms in total. The number of hydrogen-bond donors (Lipinski definition) is 2. The van der Waals surface area contributed by atoms with Crippen molar-refractivity contribution in [3.8, 4) is 0 Å². The van der Waals surface area contributed by atoms with E-state index in [2.05, 4.69) is 15.3 Å². The molecule has 1 aromatic rings. The zero-order valence-electron chi connectivity index (χ0n) is 10.7. The zero-order valence-corrected chi connectivity index (χ0v) is 11.4. The predicted octanol–water partition coefficient (Wildman–Crippen LogP) is 1.20. The number of carbonyl (C=O) groups excluding carboxylic acids is 1. The number of carbonyl (C=O) groups is 1. The van der Waals surface area contributed by atoms with Crippen molar-refractivity contribution in [2.75, 3.05) is 19.0 Å². The van der Waals surface area contributed by atoms with Crippen LogP contribution in [-0.4, -0.2) is 29.5 Å². The van der Waals surface area contributed by atoms with Crippen molar-refractivity contribution in [2.24, 2.45) is 11.1 Å². The normalized spacial score (nSPS) is 11.3. The summed E-state index contributed by atoms with van der Waals surface area (Å²) in [5.41, 5.74) is 4.62. The maximum absolute atomic E-state index is 11.2. The number of anilines is 1. The van der Waals surface area contributed by atoms with Gasteiger partial charge >= 0.3 is 0 Å². The molecule has 1 heterocycles. The first-order valence-corrected chi connectivity index (χ1v) is 5.79. The number of halogens is 1. The van der Waals surface area contributed by atoms with Gasteiger partial charge in [0, 0.05) is 19.7 Å². The van der Waals surface area contributed by atoms with E-state index in [1.165, 1.54) is 0 Å². The number of methoxy groups -OCH3 is 1. The van der Waals surface area contributed by atoms with E-state index in [1.54, 1.807) is 27.0 Å². The van der Waals surface area contributed by atoms with Crippen LogP contribution in [0.25, 0.3) is 0 Å². The summed E-state index contributed by atoms with van der Waals surface area (Å²) in [5, 5.41) is 3.33. The third-order valence-corrected chi connectivity index (χ3v) is 2.59. The van der Waals surface area contributed by atoms with Gasteiger partial charge < -0.3 is 15.8 Å². The molecule has 0 unspecified atom stereocenters. The van der Waals surface area contributed by atoms with Crippen molar-refractivity contribution >= 4 is 23.3 Å². The van der Waals surface area contributed by atoms with Crippen LogP contribution >= 0.6 is 11.6 Å². The minimum absolute atomic E-state index is 0.272. The van der Waals surface area contributed by atoms with Crippen LogP contribution in [0.3, 0.4) is 0 Å². The first-order chi connectivity index (χ1) is 8.35. The molecule has 0 bridgehead atoms. The lowest BCUT2D eigenvalue weighted by Gasteiger charge is -2.21. The summed E-state index contributed by atoms with van der Waals surface area (Å²) < 4.78 is 4.94. The second-order valence-corrected chi connectivity index (χ2v) is 4.91. The van der Waals surface area contributed by atoms with Crippen molar-refractivity contribution in [3.63, 3.8) is 0 Å². The number of amides is 1. The number of hydrogen-bond acceptors (Lipinski definition) is 5. The Hall–Kier alpha value is -1.40. The average Bonchev–Trinajstić information content (AvgIpc) is 2.26. The summed E-state index contributed by atoms with van der Waals surface area (Å²) >= 11 is 5.86. The van der Waals surface area contributed by atoms with Crippen molar-refractivity contribution < 1.29 is 9.53 Å². The third kappa shape index (κ3) is 4.12. The SMILES string of the molecule is COCc1nc(Cl)cc(NCC(C)(C)C(N)=O)n1. The molecule has 0 atom stereocenters. The van der Waals surface area contributed by atoms with Gasteiger partial charge in [-0.15, -0.1) is 0 Å². The molecule has 100 valence electrons. The molecule has 18 heavy (non-hydrogen) atoms. The van der Waals surface area contributed by atoms with Crippen molar-refractivity contribution in [1.29, 1.82) is 0 Å². The van der Waals surface area contributed by atoms with Crippen LogP contribution in [0.5, 0.6) is 0 Å². The van der Waals surface area contributed by atoms with Gasteiger partial charge in [-0.05, 0) is 13.8 Å². The summed E-state index contributed by atoms with van der Waals surface area (Å²) in [7, 11) is 1.55. The quantitative estimate of drug-likeness (QED) is 0.760. The van der Waals surface area contributed by atoms with Gasteiger partial charge in [-0.2, -0.15) is 0 Å². The summed E-state index contributed by atoms with van der Waals surface area (Å²) in [5.74, 6) is 0.632. The van der Waals surface area contributed by atoms with Gasteiger partial charge in [-0.25, -0.2) is 9.97 Å². The van der Waals surface area contributed by atoms with E-state index in [9.17, 15) is 4.79 Å². The van der Waals surface area contributed by atoms with Crippen molar-refractivity contribution in [2.45, 2.75) is 20.5 Å². The van der Waals surface area contributed by atoms with Crippen molar-refractivity contribution in [3.05, 3.63) is 17.0 Å². The zero-order chi connectivity index (χ0) is 13.8. The van der Waals surface area contributed by atoms with Gasteiger partial charge in [0.25, 0.3) is 0 Å². The molecule has 3 N–H and O–H groups in total. The Morgan fingerprint density at radius 2 is 2.22 bits per heavy atom. The molecule has 0 spiro atoms. The van der Waals surface area contributed by atoms with Gasteiger partial charge in [-0.3, -0.25) is 4.79 Å². The van der Waals surface area contributed by atoms with Crippen LogP contribution in [0, 0.1) is 5.41 Å². The van der Waals surface area contributed by atoms with E-state index >= 15 is 0 Å². The summed E-state index contributed by atoms with van der Waals surface area (Å²) in [4.78, 5) is 19.4. The number of primary amides is 1. The van der Waals surface area contributed by atoms with E-state index in [-0.39, 0.29) is 12.5 Å². The number of rotatable bonds is 6. The standard InChI is InChI=1S/C11H17ClN4O2/c1-11(2,10(13)17)6-14-8-4-7(12)15-9(16-8)5-18-3/h4H,5-6H2,1-3H3,(H2,13,17)(H,14,15,16). The lowest BCUT2D eigenvalue weighted by molar-refractivity contribution is -0.125. The second-order valence-electron chi connectivity index (χ2n) is 4.53. The van der Waals surface area contributed by atoms with Crippen LogP contribution in [0.2, 0.25) is 5.15 Å². The minimum Gasteiger partial charge on any atom is -0.377 e.